The van der Waals surface area contributed by atoms with Crippen LogP contribution in [0.25, 0.3) is 0 Å². The highest BCUT2D eigenvalue weighted by atomic mass is 16.7. The molecule has 1 rings (SSSR count). The van der Waals surface area contributed by atoms with Gasteiger partial charge in [0.2, 0.25) is 5.91 Å². The molecule has 7 unspecified atom stereocenters. The summed E-state index contributed by atoms with van der Waals surface area (Å²) >= 11 is 0. The van der Waals surface area contributed by atoms with Crippen LogP contribution in [0.4, 0.5) is 0 Å². The van der Waals surface area contributed by atoms with E-state index >= 15 is 0 Å². The van der Waals surface area contributed by atoms with Crippen LogP contribution in [0.3, 0.4) is 0 Å². The van der Waals surface area contributed by atoms with Crippen molar-refractivity contribution in [3.8, 4) is 0 Å². The van der Waals surface area contributed by atoms with Crippen molar-refractivity contribution < 1.29 is 39.8 Å². The minimum atomic E-state index is -1.57. The van der Waals surface area contributed by atoms with E-state index in [1.54, 1.807) is 6.08 Å². The molecule has 63 heavy (non-hydrogen) atoms. The number of ether oxygens (including phenoxy) is 2. The van der Waals surface area contributed by atoms with Crippen molar-refractivity contribution in [3.05, 3.63) is 36.5 Å². The summed E-state index contributed by atoms with van der Waals surface area (Å²) in [5.74, 6) is -0.195. The molecule has 370 valence electrons. The molecular formula is C54H101NO8. The van der Waals surface area contributed by atoms with Gasteiger partial charge in [-0.3, -0.25) is 4.79 Å². The van der Waals surface area contributed by atoms with E-state index in [1.165, 1.54) is 167 Å². The third-order valence-corrected chi connectivity index (χ3v) is 12.7. The first-order chi connectivity index (χ1) is 30.8. The van der Waals surface area contributed by atoms with Crippen molar-refractivity contribution in [2.24, 2.45) is 0 Å². The van der Waals surface area contributed by atoms with E-state index in [2.05, 4.69) is 43.5 Å². The van der Waals surface area contributed by atoms with Crippen molar-refractivity contribution in [2.45, 2.75) is 288 Å². The van der Waals surface area contributed by atoms with E-state index < -0.39 is 49.5 Å². The van der Waals surface area contributed by atoms with Gasteiger partial charge in [0.1, 0.15) is 24.4 Å². The summed E-state index contributed by atoms with van der Waals surface area (Å²) in [5.41, 5.74) is 0. The van der Waals surface area contributed by atoms with Crippen LogP contribution in [0, 0.1) is 0 Å². The van der Waals surface area contributed by atoms with Gasteiger partial charge in [0.25, 0.3) is 0 Å². The molecule has 6 N–H and O–H groups in total. The molecular weight excluding hydrogens is 791 g/mol. The van der Waals surface area contributed by atoms with Crippen LogP contribution in [0.1, 0.15) is 245 Å². The molecule has 7 atom stereocenters. The fourth-order valence-corrected chi connectivity index (χ4v) is 8.40. The molecule has 0 bridgehead atoms. The fraction of sp³-hybridized carbons (Fsp3) is 0.870. The van der Waals surface area contributed by atoms with Gasteiger partial charge in [-0.1, -0.05) is 217 Å². The minimum Gasteiger partial charge on any atom is -0.394 e. The summed E-state index contributed by atoms with van der Waals surface area (Å²) in [6, 6.07) is -0.825. The van der Waals surface area contributed by atoms with Crippen LogP contribution < -0.4 is 5.32 Å². The molecule has 1 aliphatic rings. The Hall–Kier alpha value is -1.59. The van der Waals surface area contributed by atoms with E-state index in [0.29, 0.717) is 6.42 Å². The highest BCUT2D eigenvalue weighted by Crippen LogP contribution is 2.23. The number of nitrogens with one attached hydrogen (secondary N) is 1. The zero-order valence-electron chi connectivity index (χ0n) is 40.8. The van der Waals surface area contributed by atoms with Gasteiger partial charge in [0.05, 0.1) is 25.4 Å². The Bertz CT molecular complexity index is 1080. The number of rotatable bonds is 45. The second kappa shape index (κ2) is 44.3. The summed E-state index contributed by atoms with van der Waals surface area (Å²) < 4.78 is 11.2. The van der Waals surface area contributed by atoms with Gasteiger partial charge in [-0.2, -0.15) is 0 Å². The van der Waals surface area contributed by atoms with Gasteiger partial charge in [0, 0.05) is 6.42 Å². The predicted octanol–water partition coefficient (Wildman–Crippen LogP) is 12.4. The molecule has 1 aliphatic heterocycles. The van der Waals surface area contributed by atoms with Crippen LogP contribution in [-0.4, -0.2) is 87.5 Å². The Balaban J connectivity index is 2.26. The Morgan fingerprint density at radius 3 is 1.33 bits per heavy atom. The quantitative estimate of drug-likeness (QED) is 0.0261. The lowest BCUT2D eigenvalue weighted by atomic mass is 9.99. The SMILES string of the molecule is CCCCCCC/C=C\CCCCCCCC(=O)NC(COC1OC(CO)C(O)C(O)C1O)C(O)/C=C/CC/C=C/CCCCCCCCCCCCCCCCCCCCCC. The largest absolute Gasteiger partial charge is 0.394 e. The molecule has 0 radical (unpaired) electrons. The number of aliphatic hydroxyl groups excluding tert-OH is 5. The Morgan fingerprint density at radius 2 is 0.905 bits per heavy atom. The van der Waals surface area contributed by atoms with Gasteiger partial charge >= 0.3 is 0 Å². The number of carbonyl (C=O) groups excluding carboxylic acids is 1. The lowest BCUT2D eigenvalue weighted by Gasteiger charge is -2.40. The molecule has 1 amide bonds. The standard InChI is InChI=1S/C54H101NO8/c1-3-5-7-9-11-13-15-17-19-20-21-22-23-24-25-26-27-28-29-30-31-33-35-37-39-41-43-48(57)47(46-62-54-53(61)52(60)51(59)49(45-56)63-54)55-50(58)44-42-40-38-36-34-32-18-16-14-12-10-8-6-4-2/h16,18,33,35,41,43,47-49,51-54,56-57,59-61H,3-15,17,19-32,34,36-40,42,44-46H2,1-2H3,(H,55,58)/b18-16-,35-33+,43-41+. The van der Waals surface area contributed by atoms with Gasteiger partial charge in [0.15, 0.2) is 6.29 Å². The van der Waals surface area contributed by atoms with E-state index in [9.17, 15) is 30.3 Å². The van der Waals surface area contributed by atoms with Crippen LogP contribution in [0.15, 0.2) is 36.5 Å². The second-order valence-electron chi connectivity index (χ2n) is 18.7. The molecule has 1 saturated heterocycles. The van der Waals surface area contributed by atoms with E-state index in [4.69, 9.17) is 9.47 Å². The van der Waals surface area contributed by atoms with Crippen LogP contribution in [0.2, 0.25) is 0 Å². The van der Waals surface area contributed by atoms with E-state index in [1.807, 2.05) is 6.08 Å². The number of amides is 1. The van der Waals surface area contributed by atoms with Gasteiger partial charge in [-0.05, 0) is 57.8 Å². The van der Waals surface area contributed by atoms with Crippen molar-refractivity contribution in [1.82, 2.24) is 5.32 Å². The number of allylic oxidation sites excluding steroid dienone is 5. The third kappa shape index (κ3) is 34.4. The molecule has 0 spiro atoms. The summed E-state index contributed by atoms with van der Waals surface area (Å²) in [6.07, 6.45) is 49.3. The Labute approximate surface area is 387 Å². The Morgan fingerprint density at radius 1 is 0.524 bits per heavy atom. The molecule has 1 heterocycles. The first kappa shape index (κ1) is 59.4. The lowest BCUT2D eigenvalue weighted by Crippen LogP contribution is -2.60. The van der Waals surface area contributed by atoms with Gasteiger partial charge in [-0.15, -0.1) is 0 Å². The smallest absolute Gasteiger partial charge is 0.220 e. The molecule has 9 heteroatoms. The molecule has 9 nitrogen and oxygen atoms in total. The highest BCUT2D eigenvalue weighted by molar-refractivity contribution is 5.76. The zero-order valence-corrected chi connectivity index (χ0v) is 40.8. The van der Waals surface area contributed by atoms with Crippen molar-refractivity contribution in [3.63, 3.8) is 0 Å². The summed E-state index contributed by atoms with van der Waals surface area (Å²) in [4.78, 5) is 13.0. The molecule has 0 aromatic rings. The molecule has 0 saturated carbocycles. The monoisotopic (exact) mass is 892 g/mol. The highest BCUT2D eigenvalue weighted by Gasteiger charge is 2.44. The fourth-order valence-electron chi connectivity index (χ4n) is 8.40. The second-order valence-corrected chi connectivity index (χ2v) is 18.7. The molecule has 0 aliphatic carbocycles. The number of hydrogen-bond acceptors (Lipinski definition) is 8. The molecule has 0 aromatic heterocycles. The maximum atomic E-state index is 13.0. The summed E-state index contributed by atoms with van der Waals surface area (Å²) in [6.45, 7) is 3.76. The van der Waals surface area contributed by atoms with E-state index in [-0.39, 0.29) is 12.5 Å². The number of carbonyl (C=O) groups is 1. The average molecular weight is 892 g/mol. The van der Waals surface area contributed by atoms with Gasteiger partial charge in [-0.25, -0.2) is 0 Å². The van der Waals surface area contributed by atoms with E-state index in [0.717, 1.165) is 57.8 Å². The topological polar surface area (TPSA) is 149 Å². The molecule has 1 fully saturated rings. The maximum absolute atomic E-state index is 13.0. The lowest BCUT2D eigenvalue weighted by molar-refractivity contribution is -0.302. The molecule has 0 aromatic carbocycles. The number of hydrogen-bond donors (Lipinski definition) is 6. The van der Waals surface area contributed by atoms with Gasteiger partial charge < -0.3 is 40.3 Å². The summed E-state index contributed by atoms with van der Waals surface area (Å²) in [7, 11) is 0. The van der Waals surface area contributed by atoms with Crippen LogP contribution in [0.5, 0.6) is 0 Å². The average Bonchev–Trinajstić information content (AvgIpc) is 3.28. The minimum absolute atomic E-state index is 0.195. The predicted molar refractivity (Wildman–Crippen MR) is 263 cm³/mol. The third-order valence-electron chi connectivity index (χ3n) is 12.7. The number of aliphatic hydroxyl groups is 5. The van der Waals surface area contributed by atoms with Crippen molar-refractivity contribution in [2.75, 3.05) is 13.2 Å². The van der Waals surface area contributed by atoms with Crippen molar-refractivity contribution in [1.29, 1.82) is 0 Å². The first-order valence-electron chi connectivity index (χ1n) is 26.7. The van der Waals surface area contributed by atoms with Crippen LogP contribution in [-0.2, 0) is 14.3 Å². The Kier molecular flexibility index (Phi) is 41.7. The summed E-state index contributed by atoms with van der Waals surface area (Å²) in [5, 5.41) is 54.3. The zero-order chi connectivity index (χ0) is 45.9. The normalized spacial score (nSPS) is 20.4. The van der Waals surface area contributed by atoms with Crippen molar-refractivity contribution >= 4 is 5.91 Å². The van der Waals surface area contributed by atoms with Crippen LogP contribution >= 0.6 is 0 Å². The first-order valence-corrected chi connectivity index (χ1v) is 26.7. The maximum Gasteiger partial charge on any atom is 0.220 e. The number of unbranched alkanes of at least 4 members (excludes halogenated alkanes) is 31.